The third kappa shape index (κ3) is 10.2. The molecule has 0 aromatic carbocycles. The van der Waals surface area contributed by atoms with Crippen molar-refractivity contribution in [1.29, 1.82) is 0 Å². The number of halogens is 3. The van der Waals surface area contributed by atoms with Crippen LogP contribution in [-0.2, 0) is 4.74 Å². The van der Waals surface area contributed by atoms with Crippen LogP contribution in [0, 0.1) is 5.41 Å². The highest BCUT2D eigenvalue weighted by molar-refractivity contribution is 4.69. The summed E-state index contributed by atoms with van der Waals surface area (Å²) in [4.78, 5) is 0. The lowest BCUT2D eigenvalue weighted by atomic mass is 9.95. The van der Waals surface area contributed by atoms with Gasteiger partial charge in [-0.25, -0.2) is 0 Å². The summed E-state index contributed by atoms with van der Waals surface area (Å²) in [6.07, 6.45) is -3.72. The van der Waals surface area contributed by atoms with E-state index in [1.165, 1.54) is 0 Å². The van der Waals surface area contributed by atoms with Crippen LogP contribution < -0.4 is 5.32 Å². The van der Waals surface area contributed by atoms with Crippen molar-refractivity contribution >= 4 is 0 Å². The Morgan fingerprint density at radius 2 is 1.88 bits per heavy atom. The summed E-state index contributed by atoms with van der Waals surface area (Å²) in [5.74, 6) is 0. The van der Waals surface area contributed by atoms with Gasteiger partial charge in [0.2, 0.25) is 0 Å². The van der Waals surface area contributed by atoms with Gasteiger partial charge in [-0.3, -0.25) is 0 Å². The van der Waals surface area contributed by atoms with Gasteiger partial charge in [0.1, 0.15) is 6.61 Å². The average Bonchev–Trinajstić information content (AvgIpc) is 2.14. The molecule has 0 spiro atoms. The average molecular weight is 243 g/mol. The molecule has 0 fully saturated rings. The number of ether oxygens (including phenoxy) is 1. The van der Waals surface area contributed by atoms with Gasteiger partial charge in [0, 0.05) is 25.2 Å². The van der Waals surface area contributed by atoms with Gasteiger partial charge in [0.25, 0.3) is 0 Å². The van der Waals surface area contributed by atoms with Crippen LogP contribution >= 0.6 is 0 Å². The van der Waals surface area contributed by atoms with Gasteiger partial charge < -0.3 is 15.2 Å². The monoisotopic (exact) mass is 243 g/mol. The molecule has 0 aliphatic heterocycles. The molecule has 16 heavy (non-hydrogen) atoms. The predicted octanol–water partition coefficient (Wildman–Crippen LogP) is 1.56. The van der Waals surface area contributed by atoms with E-state index in [1.807, 2.05) is 13.8 Å². The maximum atomic E-state index is 11.7. The molecule has 0 aromatic heterocycles. The Labute approximate surface area is 94.0 Å². The zero-order chi connectivity index (χ0) is 12.7. The maximum absolute atomic E-state index is 11.7. The van der Waals surface area contributed by atoms with Crippen molar-refractivity contribution in [1.82, 2.24) is 5.32 Å². The molecule has 0 atom stereocenters. The zero-order valence-electron chi connectivity index (χ0n) is 9.73. The molecule has 2 N–H and O–H groups in total. The second kappa shape index (κ2) is 7.09. The van der Waals surface area contributed by atoms with Crippen LogP contribution in [0.5, 0.6) is 0 Å². The Balaban J connectivity index is 3.29. The molecule has 0 saturated heterocycles. The summed E-state index contributed by atoms with van der Waals surface area (Å²) in [5, 5.41) is 12.0. The van der Waals surface area contributed by atoms with E-state index in [9.17, 15) is 13.2 Å². The lowest BCUT2D eigenvalue weighted by Gasteiger charge is -2.21. The predicted molar refractivity (Wildman–Crippen MR) is 55.2 cm³/mol. The first-order chi connectivity index (χ1) is 7.27. The first-order valence-electron chi connectivity index (χ1n) is 5.23. The van der Waals surface area contributed by atoms with Crippen molar-refractivity contribution in [2.24, 2.45) is 5.41 Å². The van der Waals surface area contributed by atoms with E-state index in [-0.39, 0.29) is 18.6 Å². The van der Waals surface area contributed by atoms with E-state index in [0.29, 0.717) is 19.5 Å². The second-order valence-electron chi connectivity index (χ2n) is 4.52. The lowest BCUT2D eigenvalue weighted by molar-refractivity contribution is -0.173. The van der Waals surface area contributed by atoms with Gasteiger partial charge in [-0.05, 0) is 13.0 Å². The summed E-state index contributed by atoms with van der Waals surface area (Å²) >= 11 is 0. The van der Waals surface area contributed by atoms with Crippen molar-refractivity contribution < 1.29 is 23.0 Å². The van der Waals surface area contributed by atoms with Gasteiger partial charge in [-0.1, -0.05) is 13.8 Å². The summed E-state index contributed by atoms with van der Waals surface area (Å²) in [6.45, 7) is 4.00. The van der Waals surface area contributed by atoms with Gasteiger partial charge in [-0.15, -0.1) is 0 Å². The molecule has 0 amide bonds. The third-order valence-electron chi connectivity index (χ3n) is 1.94. The Kier molecular flexibility index (Phi) is 6.94. The highest BCUT2D eigenvalue weighted by atomic mass is 19.4. The number of nitrogens with one attached hydrogen (secondary N) is 1. The van der Waals surface area contributed by atoms with Crippen LogP contribution in [0.3, 0.4) is 0 Å². The normalized spacial score (nSPS) is 13.1. The van der Waals surface area contributed by atoms with Crippen LogP contribution in [0.25, 0.3) is 0 Å². The molecule has 0 aliphatic carbocycles. The molecule has 0 heterocycles. The van der Waals surface area contributed by atoms with Crippen molar-refractivity contribution in [3.8, 4) is 0 Å². The molecule has 0 bridgehead atoms. The molecule has 0 aromatic rings. The first-order valence-corrected chi connectivity index (χ1v) is 5.23. The third-order valence-corrected chi connectivity index (χ3v) is 1.94. The molecule has 3 nitrogen and oxygen atoms in total. The fraction of sp³-hybridized carbons (Fsp3) is 1.00. The minimum Gasteiger partial charge on any atom is -0.396 e. The van der Waals surface area contributed by atoms with Gasteiger partial charge >= 0.3 is 6.18 Å². The standard InChI is InChI=1S/C10H20F3NO2/c1-9(2,7-15)6-14-4-3-5-16-8-10(11,12)13/h14-15H,3-8H2,1-2H3. The fourth-order valence-electron chi connectivity index (χ4n) is 0.970. The number of alkyl halides is 3. The number of rotatable bonds is 8. The fourth-order valence-corrected chi connectivity index (χ4v) is 0.970. The molecule has 0 unspecified atom stereocenters. The number of hydrogen-bond donors (Lipinski definition) is 2. The molecular formula is C10H20F3NO2. The van der Waals surface area contributed by atoms with Crippen molar-refractivity contribution in [3.05, 3.63) is 0 Å². The summed E-state index contributed by atoms with van der Waals surface area (Å²) in [7, 11) is 0. The molecule has 0 radical (unpaired) electrons. The van der Waals surface area contributed by atoms with Crippen LogP contribution in [0.1, 0.15) is 20.3 Å². The largest absolute Gasteiger partial charge is 0.411 e. The molecule has 0 saturated carbocycles. The van der Waals surface area contributed by atoms with Crippen molar-refractivity contribution in [2.75, 3.05) is 32.9 Å². The Morgan fingerprint density at radius 1 is 1.25 bits per heavy atom. The SMILES string of the molecule is CC(C)(CO)CNCCCOCC(F)(F)F. The minimum absolute atomic E-state index is 0.0740. The first kappa shape index (κ1) is 15.7. The van der Waals surface area contributed by atoms with Crippen molar-refractivity contribution in [2.45, 2.75) is 26.4 Å². The summed E-state index contributed by atoms with van der Waals surface area (Å²) < 4.78 is 39.4. The highest BCUT2D eigenvalue weighted by Crippen LogP contribution is 2.14. The van der Waals surface area contributed by atoms with Crippen LogP contribution in [0.4, 0.5) is 13.2 Å². The topological polar surface area (TPSA) is 41.5 Å². The van der Waals surface area contributed by atoms with E-state index in [0.717, 1.165) is 0 Å². The summed E-state index contributed by atoms with van der Waals surface area (Å²) in [5.41, 5.74) is -0.202. The smallest absolute Gasteiger partial charge is 0.396 e. The number of aliphatic hydroxyl groups excluding tert-OH is 1. The van der Waals surface area contributed by atoms with Crippen LogP contribution in [0.2, 0.25) is 0 Å². The molecular weight excluding hydrogens is 223 g/mol. The van der Waals surface area contributed by atoms with E-state index < -0.39 is 12.8 Å². The Bertz CT molecular complexity index is 183. The Morgan fingerprint density at radius 3 is 2.38 bits per heavy atom. The molecule has 0 rings (SSSR count). The zero-order valence-corrected chi connectivity index (χ0v) is 9.73. The summed E-state index contributed by atoms with van der Waals surface area (Å²) in [6, 6.07) is 0. The maximum Gasteiger partial charge on any atom is 0.411 e. The number of hydrogen-bond acceptors (Lipinski definition) is 3. The quantitative estimate of drug-likeness (QED) is 0.636. The minimum atomic E-state index is -4.24. The van der Waals surface area contributed by atoms with Crippen molar-refractivity contribution in [3.63, 3.8) is 0 Å². The number of aliphatic hydroxyl groups is 1. The van der Waals surface area contributed by atoms with Crippen LogP contribution in [-0.4, -0.2) is 44.2 Å². The Hall–Kier alpha value is -0.330. The van der Waals surface area contributed by atoms with Gasteiger partial charge in [-0.2, -0.15) is 13.2 Å². The van der Waals surface area contributed by atoms with E-state index >= 15 is 0 Å². The molecule has 98 valence electrons. The second-order valence-corrected chi connectivity index (χ2v) is 4.52. The van der Waals surface area contributed by atoms with E-state index in [1.54, 1.807) is 0 Å². The van der Waals surface area contributed by atoms with E-state index in [2.05, 4.69) is 10.1 Å². The molecule has 0 aliphatic rings. The van der Waals surface area contributed by atoms with Crippen LogP contribution in [0.15, 0.2) is 0 Å². The highest BCUT2D eigenvalue weighted by Gasteiger charge is 2.27. The van der Waals surface area contributed by atoms with Gasteiger partial charge in [0.05, 0.1) is 0 Å². The lowest BCUT2D eigenvalue weighted by Crippen LogP contribution is -2.33. The van der Waals surface area contributed by atoms with Gasteiger partial charge in [0.15, 0.2) is 0 Å². The molecule has 6 heteroatoms. The van der Waals surface area contributed by atoms with E-state index in [4.69, 9.17) is 5.11 Å².